The summed E-state index contributed by atoms with van der Waals surface area (Å²) in [6.07, 6.45) is 6.94. The van der Waals surface area contributed by atoms with Gasteiger partial charge in [0.05, 0.1) is 19.3 Å². The predicted octanol–water partition coefficient (Wildman–Crippen LogP) is 4.77. The Bertz CT molecular complexity index is 778. The Hall–Kier alpha value is -0.940. The van der Waals surface area contributed by atoms with Gasteiger partial charge in [0.1, 0.15) is 5.78 Å². The third-order valence-corrected chi connectivity index (χ3v) is 11.6. The second-order valence-corrected chi connectivity index (χ2v) is 12.9. The third-order valence-electron chi connectivity index (χ3n) is 11.6. The van der Waals surface area contributed by atoms with Crippen LogP contribution in [0, 0.1) is 51.8 Å². The van der Waals surface area contributed by atoms with Crippen molar-refractivity contribution in [3.05, 3.63) is 0 Å². The van der Waals surface area contributed by atoms with Gasteiger partial charge in [-0.3, -0.25) is 9.59 Å². The second kappa shape index (κ2) is 8.62. The average Bonchev–Trinajstić information content (AvgIpc) is 3.10. The zero-order chi connectivity index (χ0) is 24.3. The molecule has 4 rings (SSSR count). The molecule has 0 aromatic carbocycles. The minimum absolute atomic E-state index is 0.00877. The predicted molar refractivity (Wildman–Crippen MR) is 127 cm³/mol. The molecule has 4 aliphatic carbocycles. The number of fused-ring (bicyclic) bond motifs is 5. The summed E-state index contributed by atoms with van der Waals surface area (Å²) in [5.41, 5.74) is -0.299. The fourth-order valence-corrected chi connectivity index (χ4v) is 9.83. The molecule has 0 amide bonds. The van der Waals surface area contributed by atoms with E-state index in [1.165, 1.54) is 7.11 Å². The number of ketones is 1. The molecule has 2 N–H and O–H groups in total. The van der Waals surface area contributed by atoms with E-state index in [1.807, 2.05) is 0 Å². The maximum absolute atomic E-state index is 14.2. The van der Waals surface area contributed by atoms with Crippen LogP contribution >= 0.6 is 0 Å². The lowest BCUT2D eigenvalue weighted by Gasteiger charge is -2.67. The number of carbonyl (C=O) groups excluding carboxylic acids is 2. The Morgan fingerprint density at radius 2 is 1.76 bits per heavy atom. The first-order chi connectivity index (χ1) is 15.4. The van der Waals surface area contributed by atoms with Crippen LogP contribution in [-0.4, -0.2) is 41.3 Å². The summed E-state index contributed by atoms with van der Waals surface area (Å²) in [4.78, 5) is 26.0. The molecule has 4 aliphatic rings. The topological polar surface area (TPSA) is 83.8 Å². The van der Waals surface area contributed by atoms with Crippen LogP contribution in [0.5, 0.6) is 0 Å². The molecule has 5 nitrogen and oxygen atoms in total. The van der Waals surface area contributed by atoms with Crippen LogP contribution in [0.4, 0.5) is 0 Å². The van der Waals surface area contributed by atoms with Gasteiger partial charge in [-0.15, -0.1) is 0 Å². The van der Waals surface area contributed by atoms with E-state index in [2.05, 4.69) is 27.7 Å². The van der Waals surface area contributed by atoms with Crippen molar-refractivity contribution in [2.45, 2.75) is 105 Å². The maximum atomic E-state index is 14.2. The van der Waals surface area contributed by atoms with Crippen molar-refractivity contribution < 1.29 is 24.5 Å². The highest BCUT2D eigenvalue weighted by Gasteiger charge is 2.69. The van der Waals surface area contributed by atoms with Gasteiger partial charge in [-0.25, -0.2) is 0 Å². The quantitative estimate of drug-likeness (QED) is 0.575. The maximum Gasteiger partial charge on any atom is 0.305 e. The number of hydrogen-bond donors (Lipinski definition) is 2. The van der Waals surface area contributed by atoms with Crippen LogP contribution in [0.15, 0.2) is 0 Å². The molecule has 188 valence electrons. The van der Waals surface area contributed by atoms with E-state index in [0.29, 0.717) is 36.5 Å². The van der Waals surface area contributed by atoms with Crippen molar-refractivity contribution in [2.24, 2.45) is 51.8 Å². The minimum Gasteiger partial charge on any atom is -0.469 e. The smallest absolute Gasteiger partial charge is 0.305 e. The Balaban J connectivity index is 1.66. The Morgan fingerprint density at radius 3 is 2.39 bits per heavy atom. The Morgan fingerprint density at radius 1 is 1.06 bits per heavy atom. The highest BCUT2D eigenvalue weighted by Crippen LogP contribution is 2.72. The van der Waals surface area contributed by atoms with E-state index in [-0.39, 0.29) is 40.0 Å². The molecule has 5 heteroatoms. The normalized spacial score (nSPS) is 48.9. The number of rotatable bonds is 5. The molecule has 33 heavy (non-hydrogen) atoms. The van der Waals surface area contributed by atoms with Crippen molar-refractivity contribution in [2.75, 3.05) is 7.11 Å². The number of methoxy groups -OCH3 is 1. The zero-order valence-corrected chi connectivity index (χ0v) is 21.6. The van der Waals surface area contributed by atoms with Crippen molar-refractivity contribution in [1.29, 1.82) is 0 Å². The number of Topliss-reactive ketones (excluding diaryl/α,β-unsaturated/α-hetero) is 1. The first-order valence-corrected chi connectivity index (χ1v) is 13.4. The monoisotopic (exact) mass is 462 g/mol. The molecule has 4 saturated carbocycles. The Kier molecular flexibility index (Phi) is 6.57. The van der Waals surface area contributed by atoms with E-state index in [1.54, 1.807) is 6.92 Å². The van der Waals surface area contributed by atoms with Crippen LogP contribution in [0.1, 0.15) is 92.4 Å². The van der Waals surface area contributed by atoms with E-state index < -0.39 is 12.0 Å². The summed E-state index contributed by atoms with van der Waals surface area (Å²) in [6.45, 7) is 11.0. The number of esters is 1. The van der Waals surface area contributed by atoms with Gasteiger partial charge in [0, 0.05) is 18.3 Å². The molecule has 0 aromatic heterocycles. The molecule has 4 fully saturated rings. The van der Waals surface area contributed by atoms with Crippen molar-refractivity contribution >= 4 is 11.8 Å². The van der Waals surface area contributed by atoms with Crippen molar-refractivity contribution in [3.8, 4) is 0 Å². The van der Waals surface area contributed by atoms with Gasteiger partial charge in [0.15, 0.2) is 0 Å². The van der Waals surface area contributed by atoms with E-state index in [9.17, 15) is 19.8 Å². The van der Waals surface area contributed by atoms with Crippen LogP contribution in [0.3, 0.4) is 0 Å². The van der Waals surface area contributed by atoms with Gasteiger partial charge >= 0.3 is 5.97 Å². The first-order valence-electron chi connectivity index (χ1n) is 13.4. The standard InChI is InChI=1S/C28H46O5/c1-16(7-10-22(31)33-6)19-8-9-20-23-21(12-13-26(19,20)3)27(4)14-11-18(30)15-28(27,5)24(17(2)29)25(23)32/h16-21,23-24,29-30H,7-15H2,1-6H3/t16-,17?,18-,19-,20?,21?,23+,24?,26-,27-,28+/m1/s1. The van der Waals surface area contributed by atoms with Crippen LogP contribution < -0.4 is 0 Å². The number of carbonyl (C=O) groups is 2. The third kappa shape index (κ3) is 3.63. The summed E-state index contributed by atoms with van der Waals surface area (Å²) in [6, 6.07) is 0. The number of aliphatic hydroxyl groups excluding tert-OH is 2. The van der Waals surface area contributed by atoms with Gasteiger partial charge < -0.3 is 14.9 Å². The number of aliphatic hydroxyl groups is 2. The molecule has 0 spiro atoms. The largest absolute Gasteiger partial charge is 0.469 e. The highest BCUT2D eigenvalue weighted by atomic mass is 16.5. The zero-order valence-electron chi connectivity index (χ0n) is 21.6. The van der Waals surface area contributed by atoms with Crippen molar-refractivity contribution in [3.63, 3.8) is 0 Å². The molecule has 4 unspecified atom stereocenters. The summed E-state index contributed by atoms with van der Waals surface area (Å²) < 4.78 is 4.87. The molecule has 0 saturated heterocycles. The molecule has 0 bridgehead atoms. The molecule has 11 atom stereocenters. The summed E-state index contributed by atoms with van der Waals surface area (Å²) in [5, 5.41) is 21.5. The lowest BCUT2D eigenvalue weighted by Crippen LogP contribution is -2.67. The van der Waals surface area contributed by atoms with Gasteiger partial charge in [0.2, 0.25) is 0 Å². The molecular weight excluding hydrogens is 416 g/mol. The van der Waals surface area contributed by atoms with Crippen LogP contribution in [0.25, 0.3) is 0 Å². The lowest BCUT2D eigenvalue weighted by atomic mass is 9.37. The van der Waals surface area contributed by atoms with Crippen molar-refractivity contribution in [1.82, 2.24) is 0 Å². The van der Waals surface area contributed by atoms with Crippen LogP contribution in [-0.2, 0) is 14.3 Å². The molecule has 0 aliphatic heterocycles. The van der Waals surface area contributed by atoms with E-state index >= 15 is 0 Å². The lowest BCUT2D eigenvalue weighted by molar-refractivity contribution is -0.210. The van der Waals surface area contributed by atoms with Crippen LogP contribution in [0.2, 0.25) is 0 Å². The average molecular weight is 463 g/mol. The van der Waals surface area contributed by atoms with Gasteiger partial charge in [-0.1, -0.05) is 27.7 Å². The van der Waals surface area contributed by atoms with Gasteiger partial charge in [0.25, 0.3) is 0 Å². The molecule has 0 heterocycles. The molecule has 0 radical (unpaired) electrons. The number of ether oxygens (including phenoxy) is 1. The number of hydrogen-bond acceptors (Lipinski definition) is 5. The fourth-order valence-electron chi connectivity index (χ4n) is 9.83. The van der Waals surface area contributed by atoms with Gasteiger partial charge in [-0.05, 0) is 98.2 Å². The van der Waals surface area contributed by atoms with Gasteiger partial charge in [-0.2, -0.15) is 0 Å². The SMILES string of the molecule is COC(=O)CC[C@@H](C)[C@H]1CCC2[C@@H]3C(=O)C(C(C)O)[C@]4(C)C[C@H](O)CC[C@]4(C)C3CC[C@@]21C. The second-order valence-electron chi connectivity index (χ2n) is 12.9. The molecular formula is C28H46O5. The summed E-state index contributed by atoms with van der Waals surface area (Å²) in [7, 11) is 1.45. The minimum atomic E-state index is -0.697. The summed E-state index contributed by atoms with van der Waals surface area (Å²) in [5.74, 6) is 1.35. The summed E-state index contributed by atoms with van der Waals surface area (Å²) >= 11 is 0. The first kappa shape index (κ1) is 25.2. The highest BCUT2D eigenvalue weighted by molar-refractivity contribution is 5.87. The fraction of sp³-hybridized carbons (Fsp3) is 0.929. The molecule has 0 aromatic rings. The van der Waals surface area contributed by atoms with E-state index in [4.69, 9.17) is 4.74 Å². The van der Waals surface area contributed by atoms with E-state index in [0.717, 1.165) is 44.9 Å². The Labute approximate surface area is 200 Å².